The second-order valence-electron chi connectivity index (χ2n) is 5.25. The quantitative estimate of drug-likeness (QED) is 0.658. The molecule has 0 saturated carbocycles. The average molecular weight is 223 g/mol. The Morgan fingerprint density at radius 2 is 1.69 bits per heavy atom. The topological polar surface area (TPSA) is 9.72 Å². The van der Waals surface area contributed by atoms with E-state index in [-0.39, 0.29) is 0 Å². The molecule has 0 atom stereocenters. The molecule has 1 fully saturated rings. The minimum Gasteiger partial charge on any atom is -0.304 e. The summed E-state index contributed by atoms with van der Waals surface area (Å²) in [7, 11) is 2.22. The monoisotopic (exact) mass is 223 g/mol. The van der Waals surface area contributed by atoms with Gasteiger partial charge in [-0.3, -0.25) is 9.80 Å². The summed E-state index contributed by atoms with van der Waals surface area (Å²) in [6.07, 6.45) is 3.65. The molecule has 3 nitrogen and oxygen atoms in total. The Balaban J connectivity index is 1.64. The van der Waals surface area contributed by atoms with E-state index < -0.39 is 0 Å². The first-order valence-corrected chi connectivity index (χ1v) is 6.53. The van der Waals surface area contributed by atoms with Crippen LogP contribution in [0, 0.1) is 0 Å². The summed E-state index contributed by atoms with van der Waals surface area (Å²) < 4.78 is 0. The van der Waals surface area contributed by atoms with Gasteiger partial charge in [-0.05, 0) is 20.4 Å². The molecule has 0 spiro atoms. The van der Waals surface area contributed by atoms with Gasteiger partial charge in [-0.15, -0.1) is 0 Å². The molecule has 16 heavy (non-hydrogen) atoms. The van der Waals surface area contributed by atoms with Crippen molar-refractivity contribution in [3.05, 3.63) is 11.6 Å². The molecule has 0 aliphatic carbocycles. The second kappa shape index (κ2) is 5.80. The van der Waals surface area contributed by atoms with Crippen molar-refractivity contribution in [3.63, 3.8) is 0 Å². The van der Waals surface area contributed by atoms with Crippen molar-refractivity contribution >= 4 is 0 Å². The molecule has 0 N–H and O–H groups in total. The van der Waals surface area contributed by atoms with Crippen LogP contribution in [0.5, 0.6) is 0 Å². The summed E-state index contributed by atoms with van der Waals surface area (Å²) in [5.41, 5.74) is 1.57. The number of rotatable bonds is 3. The highest BCUT2D eigenvalue weighted by Gasteiger charge is 2.15. The lowest BCUT2D eigenvalue weighted by Crippen LogP contribution is -2.47. The van der Waals surface area contributed by atoms with Gasteiger partial charge in [-0.25, -0.2) is 0 Å². The maximum Gasteiger partial charge on any atom is 0.0166 e. The number of hydrogen-bond acceptors (Lipinski definition) is 3. The molecule has 0 unspecified atom stereocenters. The normalized spacial score (nSPS) is 25.8. The summed E-state index contributed by atoms with van der Waals surface area (Å²) in [4.78, 5) is 7.60. The molecule has 0 aromatic rings. The van der Waals surface area contributed by atoms with E-state index in [1.54, 1.807) is 5.57 Å². The molecule has 0 aromatic heterocycles. The lowest BCUT2D eigenvalue weighted by molar-refractivity contribution is 0.137. The van der Waals surface area contributed by atoms with Gasteiger partial charge in [0, 0.05) is 52.4 Å². The van der Waals surface area contributed by atoms with Gasteiger partial charge in [0.2, 0.25) is 0 Å². The molecule has 2 aliphatic rings. The molecular weight excluding hydrogens is 198 g/mol. The largest absolute Gasteiger partial charge is 0.304 e. The van der Waals surface area contributed by atoms with Crippen molar-refractivity contribution < 1.29 is 0 Å². The van der Waals surface area contributed by atoms with Crippen LogP contribution in [-0.2, 0) is 0 Å². The van der Waals surface area contributed by atoms with Crippen molar-refractivity contribution in [3.8, 4) is 0 Å². The molecule has 2 rings (SSSR count). The van der Waals surface area contributed by atoms with Gasteiger partial charge < -0.3 is 4.90 Å². The fraction of sp³-hybridized carbons (Fsp3) is 0.846. The average Bonchev–Trinajstić information content (AvgIpc) is 2.30. The molecule has 0 aromatic carbocycles. The zero-order valence-corrected chi connectivity index (χ0v) is 10.8. The first-order chi connectivity index (χ1) is 7.74. The number of likely N-dealkylation sites (N-methyl/N-ethyl adjacent to an activating group) is 1. The molecule has 0 radical (unpaired) electrons. The zero-order valence-electron chi connectivity index (χ0n) is 10.8. The van der Waals surface area contributed by atoms with Crippen molar-refractivity contribution in [2.75, 3.05) is 59.4 Å². The Kier molecular flexibility index (Phi) is 4.38. The molecular formula is C13H25N3. The zero-order chi connectivity index (χ0) is 11.4. The Morgan fingerprint density at radius 3 is 2.31 bits per heavy atom. The molecule has 2 heterocycles. The Morgan fingerprint density at radius 1 is 1.00 bits per heavy atom. The standard InChI is InChI=1S/C13H25N3/c1-13-3-5-15(6-4-13)11-12-16-9-7-14(2)8-10-16/h3H,4-12H2,1-2H3. The van der Waals surface area contributed by atoms with Crippen molar-refractivity contribution in [1.82, 2.24) is 14.7 Å². The van der Waals surface area contributed by atoms with E-state index in [1.165, 1.54) is 58.8 Å². The van der Waals surface area contributed by atoms with Crippen LogP contribution in [0.15, 0.2) is 11.6 Å². The summed E-state index contributed by atoms with van der Waals surface area (Å²) in [5, 5.41) is 0. The Labute approximate surface area is 99.7 Å². The van der Waals surface area contributed by atoms with Crippen molar-refractivity contribution in [2.45, 2.75) is 13.3 Å². The van der Waals surface area contributed by atoms with Crippen LogP contribution < -0.4 is 0 Å². The summed E-state index contributed by atoms with van der Waals surface area (Å²) in [6, 6.07) is 0. The van der Waals surface area contributed by atoms with E-state index in [9.17, 15) is 0 Å². The van der Waals surface area contributed by atoms with Gasteiger partial charge in [-0.1, -0.05) is 11.6 Å². The first-order valence-electron chi connectivity index (χ1n) is 6.53. The third-order valence-electron chi connectivity index (χ3n) is 3.85. The van der Waals surface area contributed by atoms with E-state index in [1.807, 2.05) is 0 Å². The fourth-order valence-corrected chi connectivity index (χ4v) is 2.37. The lowest BCUT2D eigenvalue weighted by atomic mass is 10.1. The summed E-state index contributed by atoms with van der Waals surface area (Å²) in [5.74, 6) is 0. The third kappa shape index (κ3) is 3.58. The van der Waals surface area contributed by atoms with Crippen LogP contribution in [0.3, 0.4) is 0 Å². The highest BCUT2D eigenvalue weighted by atomic mass is 15.3. The minimum absolute atomic E-state index is 1.17. The minimum atomic E-state index is 1.17. The lowest BCUT2D eigenvalue weighted by Gasteiger charge is -2.34. The van der Waals surface area contributed by atoms with E-state index in [2.05, 4.69) is 34.7 Å². The first kappa shape index (κ1) is 12.1. The number of nitrogens with zero attached hydrogens (tertiary/aromatic N) is 3. The second-order valence-corrected chi connectivity index (χ2v) is 5.25. The summed E-state index contributed by atoms with van der Waals surface area (Å²) >= 11 is 0. The van der Waals surface area contributed by atoms with Crippen molar-refractivity contribution in [1.29, 1.82) is 0 Å². The predicted octanol–water partition coefficient (Wildman–Crippen LogP) is 0.886. The Hall–Kier alpha value is -0.380. The van der Waals surface area contributed by atoms with Crippen LogP contribution in [-0.4, -0.2) is 74.1 Å². The van der Waals surface area contributed by atoms with Crippen LogP contribution in [0.25, 0.3) is 0 Å². The molecule has 0 bridgehead atoms. The van der Waals surface area contributed by atoms with E-state index in [0.717, 1.165) is 0 Å². The van der Waals surface area contributed by atoms with Gasteiger partial charge >= 0.3 is 0 Å². The van der Waals surface area contributed by atoms with E-state index in [0.29, 0.717) is 0 Å². The number of piperazine rings is 1. The fourth-order valence-electron chi connectivity index (χ4n) is 2.37. The van der Waals surface area contributed by atoms with Crippen LogP contribution in [0.1, 0.15) is 13.3 Å². The third-order valence-corrected chi connectivity index (χ3v) is 3.85. The van der Waals surface area contributed by atoms with Crippen LogP contribution in [0.2, 0.25) is 0 Å². The summed E-state index contributed by atoms with van der Waals surface area (Å²) in [6.45, 7) is 12.1. The molecule has 92 valence electrons. The maximum atomic E-state index is 2.60. The molecule has 3 heteroatoms. The molecule has 2 aliphatic heterocycles. The van der Waals surface area contributed by atoms with Gasteiger partial charge in [0.15, 0.2) is 0 Å². The highest BCUT2D eigenvalue weighted by Crippen LogP contribution is 2.09. The smallest absolute Gasteiger partial charge is 0.0166 e. The predicted molar refractivity (Wildman–Crippen MR) is 68.8 cm³/mol. The van der Waals surface area contributed by atoms with Crippen molar-refractivity contribution in [2.24, 2.45) is 0 Å². The van der Waals surface area contributed by atoms with Gasteiger partial charge in [0.1, 0.15) is 0 Å². The van der Waals surface area contributed by atoms with E-state index in [4.69, 9.17) is 0 Å². The van der Waals surface area contributed by atoms with Gasteiger partial charge in [0.25, 0.3) is 0 Å². The Bertz CT molecular complexity index is 242. The number of hydrogen-bond donors (Lipinski definition) is 0. The molecule has 1 saturated heterocycles. The maximum absolute atomic E-state index is 2.60. The molecule has 0 amide bonds. The van der Waals surface area contributed by atoms with E-state index >= 15 is 0 Å². The van der Waals surface area contributed by atoms with Gasteiger partial charge in [-0.2, -0.15) is 0 Å². The SMILES string of the molecule is CC1=CCN(CCN2CCN(C)CC2)CC1. The van der Waals surface area contributed by atoms with Crippen LogP contribution >= 0.6 is 0 Å². The highest BCUT2D eigenvalue weighted by molar-refractivity contribution is 5.03. The van der Waals surface area contributed by atoms with Gasteiger partial charge in [0.05, 0.1) is 0 Å². The van der Waals surface area contributed by atoms with Crippen LogP contribution in [0.4, 0.5) is 0 Å².